The number of non-ortho nitro benzene ring substituents is 1. The van der Waals surface area contributed by atoms with Gasteiger partial charge in [0.15, 0.2) is 6.61 Å². The number of rotatable bonds is 8. The van der Waals surface area contributed by atoms with E-state index in [9.17, 15) is 23.3 Å². The average Bonchev–Trinajstić information content (AvgIpc) is 3.14. The number of hydrogen-bond acceptors (Lipinski definition) is 7. The lowest BCUT2D eigenvalue weighted by Crippen LogP contribution is -2.20. The predicted molar refractivity (Wildman–Crippen MR) is 109 cm³/mol. The molecular formula is C21H21F3N4O4. The van der Waals surface area contributed by atoms with Gasteiger partial charge in [0.05, 0.1) is 11.5 Å². The molecule has 8 nitrogen and oxygen atoms in total. The van der Waals surface area contributed by atoms with Crippen LogP contribution in [0.5, 0.6) is 5.75 Å². The van der Waals surface area contributed by atoms with Gasteiger partial charge in [-0.25, -0.2) is 0 Å². The van der Waals surface area contributed by atoms with Crippen LogP contribution in [-0.4, -0.2) is 39.9 Å². The topological polar surface area (TPSA) is 94.5 Å². The Morgan fingerprint density at radius 1 is 1.09 bits per heavy atom. The summed E-state index contributed by atoms with van der Waals surface area (Å²) in [6, 6.07) is 9.35. The number of nitrogens with zero attached hydrogens (tertiary/aromatic N) is 4. The van der Waals surface area contributed by atoms with Crippen molar-refractivity contribution in [2.45, 2.75) is 33.1 Å². The minimum Gasteiger partial charge on any atom is -0.484 e. The lowest BCUT2D eigenvalue weighted by molar-refractivity contribution is -0.384. The van der Waals surface area contributed by atoms with Gasteiger partial charge in [0.1, 0.15) is 5.75 Å². The van der Waals surface area contributed by atoms with Crippen molar-refractivity contribution >= 4 is 5.69 Å². The fourth-order valence-corrected chi connectivity index (χ4v) is 3.27. The largest absolute Gasteiger partial charge is 0.484 e. The van der Waals surface area contributed by atoms with Gasteiger partial charge in [-0.15, -0.1) is 10.2 Å². The Kier molecular flexibility index (Phi) is 6.78. The molecule has 0 aliphatic heterocycles. The molecule has 0 aliphatic carbocycles. The minimum atomic E-state index is -4.39. The summed E-state index contributed by atoms with van der Waals surface area (Å²) in [5, 5.41) is 18.7. The summed E-state index contributed by atoms with van der Waals surface area (Å²) in [5.41, 5.74) is 2.68. The number of aromatic nitrogens is 2. The van der Waals surface area contributed by atoms with Crippen molar-refractivity contribution in [3.8, 4) is 17.2 Å². The summed E-state index contributed by atoms with van der Waals surface area (Å²) in [7, 11) is 1.84. The SMILES string of the molecule is Cc1cc(CN(C)Cc2nnc(-c3ccc([N+](=O)[O-])cc3)o2)cc(C)c1OCC(F)(F)F. The molecule has 0 N–H and O–H groups in total. The molecule has 170 valence electrons. The van der Waals surface area contributed by atoms with Crippen molar-refractivity contribution < 1.29 is 27.2 Å². The van der Waals surface area contributed by atoms with Crippen LogP contribution >= 0.6 is 0 Å². The van der Waals surface area contributed by atoms with Crippen LogP contribution in [0.15, 0.2) is 40.8 Å². The summed E-state index contributed by atoms with van der Waals surface area (Å²) in [4.78, 5) is 12.2. The summed E-state index contributed by atoms with van der Waals surface area (Å²) in [5.74, 6) is 0.846. The van der Waals surface area contributed by atoms with E-state index in [0.29, 0.717) is 35.7 Å². The van der Waals surface area contributed by atoms with Gasteiger partial charge in [0, 0.05) is 24.2 Å². The van der Waals surface area contributed by atoms with E-state index < -0.39 is 17.7 Å². The minimum absolute atomic E-state index is 0.0337. The molecule has 0 amide bonds. The monoisotopic (exact) mass is 450 g/mol. The summed E-state index contributed by atoms with van der Waals surface area (Å²) < 4.78 is 47.9. The van der Waals surface area contributed by atoms with Crippen LogP contribution in [0.2, 0.25) is 0 Å². The number of nitro benzene ring substituents is 1. The Hall–Kier alpha value is -3.47. The molecule has 11 heteroatoms. The lowest BCUT2D eigenvalue weighted by Gasteiger charge is -2.18. The first-order valence-electron chi connectivity index (χ1n) is 9.57. The van der Waals surface area contributed by atoms with Crippen molar-refractivity contribution in [1.29, 1.82) is 0 Å². The van der Waals surface area contributed by atoms with Gasteiger partial charge in [-0.1, -0.05) is 12.1 Å². The van der Waals surface area contributed by atoms with E-state index in [0.717, 1.165) is 5.56 Å². The van der Waals surface area contributed by atoms with Crippen molar-refractivity contribution in [3.05, 3.63) is 69.1 Å². The molecule has 0 spiro atoms. The average molecular weight is 450 g/mol. The first kappa shape index (κ1) is 23.2. The van der Waals surface area contributed by atoms with Gasteiger partial charge in [-0.2, -0.15) is 13.2 Å². The predicted octanol–water partition coefficient (Wildman–Crippen LogP) is 4.83. The molecule has 0 bridgehead atoms. The highest BCUT2D eigenvalue weighted by atomic mass is 19.4. The second kappa shape index (κ2) is 9.35. The third-order valence-corrected chi connectivity index (χ3v) is 4.55. The van der Waals surface area contributed by atoms with Crippen LogP contribution in [0.4, 0.5) is 18.9 Å². The zero-order chi connectivity index (χ0) is 23.5. The van der Waals surface area contributed by atoms with Gasteiger partial charge in [0.2, 0.25) is 11.8 Å². The second-order valence-corrected chi connectivity index (χ2v) is 7.44. The number of aryl methyl sites for hydroxylation is 2. The number of ether oxygens (including phenoxy) is 1. The molecular weight excluding hydrogens is 429 g/mol. The van der Waals surface area contributed by atoms with Crippen LogP contribution in [0.1, 0.15) is 22.6 Å². The van der Waals surface area contributed by atoms with Gasteiger partial charge >= 0.3 is 6.18 Å². The van der Waals surface area contributed by atoms with Crippen LogP contribution < -0.4 is 4.74 Å². The number of hydrogen-bond donors (Lipinski definition) is 0. The Morgan fingerprint density at radius 2 is 1.72 bits per heavy atom. The molecule has 32 heavy (non-hydrogen) atoms. The van der Waals surface area contributed by atoms with Gasteiger partial charge in [-0.05, 0) is 49.7 Å². The van der Waals surface area contributed by atoms with E-state index in [1.807, 2.05) is 11.9 Å². The molecule has 0 unspecified atom stereocenters. The maximum atomic E-state index is 12.4. The maximum absolute atomic E-state index is 12.4. The molecule has 1 aromatic heterocycles. The Balaban J connectivity index is 1.63. The maximum Gasteiger partial charge on any atom is 0.422 e. The van der Waals surface area contributed by atoms with Crippen molar-refractivity contribution in [3.63, 3.8) is 0 Å². The summed E-state index contributed by atoms with van der Waals surface area (Å²) in [6.45, 7) is 2.91. The standard InChI is InChI=1S/C21H21F3N4O4/c1-13-8-15(9-14(2)19(13)31-12-21(22,23)24)10-27(3)11-18-25-26-20(32-18)16-4-6-17(7-5-16)28(29)30/h4-9H,10-12H2,1-3H3. The molecule has 2 aromatic carbocycles. The smallest absolute Gasteiger partial charge is 0.422 e. The fourth-order valence-electron chi connectivity index (χ4n) is 3.27. The van der Waals surface area contributed by atoms with Crippen LogP contribution in [0, 0.1) is 24.0 Å². The van der Waals surface area contributed by atoms with E-state index in [1.54, 1.807) is 26.0 Å². The van der Waals surface area contributed by atoms with Gasteiger partial charge < -0.3 is 9.15 Å². The number of halogens is 3. The molecule has 0 saturated carbocycles. The van der Waals surface area contributed by atoms with Crippen LogP contribution in [-0.2, 0) is 13.1 Å². The zero-order valence-electron chi connectivity index (χ0n) is 17.6. The van der Waals surface area contributed by atoms with Gasteiger partial charge in [0.25, 0.3) is 5.69 Å². The molecule has 1 heterocycles. The second-order valence-electron chi connectivity index (χ2n) is 7.44. The molecule has 0 atom stereocenters. The normalized spacial score (nSPS) is 11.7. The van der Waals surface area contributed by atoms with Crippen molar-refractivity contribution in [1.82, 2.24) is 15.1 Å². The molecule has 0 aliphatic rings. The molecule has 0 saturated heterocycles. The molecule has 0 radical (unpaired) electrons. The highest BCUT2D eigenvalue weighted by molar-refractivity contribution is 5.55. The van der Waals surface area contributed by atoms with E-state index in [2.05, 4.69) is 10.2 Å². The molecule has 0 fully saturated rings. The number of benzene rings is 2. The Labute approximate surface area is 181 Å². The van der Waals surface area contributed by atoms with Crippen LogP contribution in [0.3, 0.4) is 0 Å². The Morgan fingerprint density at radius 3 is 2.28 bits per heavy atom. The first-order valence-corrected chi connectivity index (χ1v) is 9.57. The van der Waals surface area contributed by atoms with E-state index in [1.165, 1.54) is 24.3 Å². The highest BCUT2D eigenvalue weighted by Crippen LogP contribution is 2.28. The first-order chi connectivity index (χ1) is 15.0. The van der Waals surface area contributed by atoms with Gasteiger partial charge in [-0.3, -0.25) is 15.0 Å². The Bertz CT molecular complexity index is 1070. The summed E-state index contributed by atoms with van der Waals surface area (Å²) >= 11 is 0. The van der Waals surface area contributed by atoms with E-state index in [4.69, 9.17) is 9.15 Å². The summed E-state index contributed by atoms with van der Waals surface area (Å²) in [6.07, 6.45) is -4.39. The zero-order valence-corrected chi connectivity index (χ0v) is 17.6. The lowest BCUT2D eigenvalue weighted by atomic mass is 10.1. The third-order valence-electron chi connectivity index (χ3n) is 4.55. The van der Waals surface area contributed by atoms with Crippen LogP contribution in [0.25, 0.3) is 11.5 Å². The number of nitro groups is 1. The molecule has 3 aromatic rings. The van der Waals surface area contributed by atoms with E-state index in [-0.39, 0.29) is 17.3 Å². The van der Waals surface area contributed by atoms with E-state index >= 15 is 0 Å². The quantitative estimate of drug-likeness (QED) is 0.358. The fraction of sp³-hybridized carbons (Fsp3) is 0.333. The molecule has 3 rings (SSSR count). The van der Waals surface area contributed by atoms with Crippen molar-refractivity contribution in [2.75, 3.05) is 13.7 Å². The third kappa shape index (κ3) is 6.03. The van der Waals surface area contributed by atoms with Crippen molar-refractivity contribution in [2.24, 2.45) is 0 Å². The highest BCUT2D eigenvalue weighted by Gasteiger charge is 2.29. The number of alkyl halides is 3.